The number of hydrogen-bond donors (Lipinski definition) is 1. The maximum atomic E-state index is 11.6. The summed E-state index contributed by atoms with van der Waals surface area (Å²) in [6, 6.07) is 8.60. The Kier molecular flexibility index (Phi) is 8.41. The lowest BCUT2D eigenvalue weighted by atomic mass is 10.1. The number of ether oxygens (including phenoxy) is 1. The number of likely N-dealkylation sites (tertiary alicyclic amines) is 1. The summed E-state index contributed by atoms with van der Waals surface area (Å²) < 4.78 is 5.28. The van der Waals surface area contributed by atoms with Crippen LogP contribution < -0.4 is 5.32 Å². The third-order valence-corrected chi connectivity index (χ3v) is 5.90. The second-order valence-electron chi connectivity index (χ2n) is 8.56. The van der Waals surface area contributed by atoms with E-state index in [2.05, 4.69) is 29.4 Å². The molecule has 6 nitrogen and oxygen atoms in total. The molecule has 2 aromatic rings. The van der Waals surface area contributed by atoms with Gasteiger partial charge in [-0.05, 0) is 65.5 Å². The van der Waals surface area contributed by atoms with E-state index in [1.807, 2.05) is 57.2 Å². The number of carbonyl (C=O) groups is 2. The molecule has 1 aromatic heterocycles. The third-order valence-electron chi connectivity index (χ3n) is 4.92. The largest absolute Gasteiger partial charge is 0.444 e. The highest BCUT2D eigenvalue weighted by Crippen LogP contribution is 2.28. The first-order chi connectivity index (χ1) is 14.1. The molecule has 1 aliphatic heterocycles. The molecule has 1 saturated heterocycles. The van der Waals surface area contributed by atoms with E-state index >= 15 is 0 Å². The van der Waals surface area contributed by atoms with Crippen LogP contribution in [0.25, 0.3) is 10.4 Å². The molecule has 164 valence electrons. The van der Waals surface area contributed by atoms with Gasteiger partial charge in [0.15, 0.2) is 0 Å². The fraction of sp³-hybridized carbons (Fsp3) is 0.522. The van der Waals surface area contributed by atoms with Gasteiger partial charge in [-0.1, -0.05) is 24.3 Å². The zero-order valence-corrected chi connectivity index (χ0v) is 19.6. The average Bonchev–Trinajstić information content (AvgIpc) is 3.29. The van der Waals surface area contributed by atoms with Crippen molar-refractivity contribution in [3.05, 3.63) is 41.0 Å². The van der Waals surface area contributed by atoms with Crippen LogP contribution in [-0.2, 0) is 9.53 Å². The highest BCUT2D eigenvalue weighted by molar-refractivity contribution is 7.13. The van der Waals surface area contributed by atoms with Gasteiger partial charge in [-0.3, -0.25) is 4.79 Å². The topological polar surface area (TPSA) is 71.5 Å². The van der Waals surface area contributed by atoms with Gasteiger partial charge in [0.05, 0.1) is 22.1 Å². The molecule has 30 heavy (non-hydrogen) atoms. The predicted molar refractivity (Wildman–Crippen MR) is 122 cm³/mol. The van der Waals surface area contributed by atoms with Crippen LogP contribution in [-0.4, -0.2) is 40.6 Å². The molecular weight excluding hydrogens is 398 g/mol. The van der Waals surface area contributed by atoms with Crippen molar-refractivity contribution < 1.29 is 14.3 Å². The molecule has 3 rings (SSSR count). The molecule has 7 heteroatoms. The Hall–Kier alpha value is -2.41. The molecule has 0 aliphatic carbocycles. The Morgan fingerprint density at radius 2 is 2.00 bits per heavy atom. The first-order valence-corrected chi connectivity index (χ1v) is 11.2. The summed E-state index contributed by atoms with van der Waals surface area (Å²) in [5, 5.41) is 2.74. The number of amides is 2. The van der Waals surface area contributed by atoms with Crippen molar-refractivity contribution in [2.24, 2.45) is 0 Å². The van der Waals surface area contributed by atoms with Gasteiger partial charge in [0.25, 0.3) is 0 Å². The van der Waals surface area contributed by atoms with Gasteiger partial charge < -0.3 is 15.0 Å². The van der Waals surface area contributed by atoms with Gasteiger partial charge in [0.1, 0.15) is 5.60 Å². The Morgan fingerprint density at radius 3 is 2.47 bits per heavy atom. The van der Waals surface area contributed by atoms with E-state index < -0.39 is 0 Å². The van der Waals surface area contributed by atoms with Crippen molar-refractivity contribution in [2.45, 2.75) is 72.1 Å². The first kappa shape index (κ1) is 23.9. The maximum absolute atomic E-state index is 11.6. The minimum Gasteiger partial charge on any atom is -0.444 e. The SMILES string of the molecule is CC1CCCN1C(=O)OC(C)(C)C.Cc1ncsc1-c1ccc(C(C)NC=O)cc1. The lowest BCUT2D eigenvalue weighted by molar-refractivity contribution is -0.110. The molecular formula is C23H33N3O3S. The van der Waals surface area contributed by atoms with Crippen LogP contribution in [0, 0.1) is 6.92 Å². The van der Waals surface area contributed by atoms with Crippen molar-refractivity contribution in [3.63, 3.8) is 0 Å². The van der Waals surface area contributed by atoms with Crippen molar-refractivity contribution in [1.29, 1.82) is 0 Å². The average molecular weight is 432 g/mol. The fourth-order valence-corrected chi connectivity index (χ4v) is 4.04. The van der Waals surface area contributed by atoms with Crippen molar-refractivity contribution in [1.82, 2.24) is 15.2 Å². The summed E-state index contributed by atoms with van der Waals surface area (Å²) >= 11 is 1.64. The second kappa shape index (κ2) is 10.6. The van der Waals surface area contributed by atoms with Gasteiger partial charge in [0, 0.05) is 12.6 Å². The molecule has 1 aliphatic rings. The Bertz CT molecular complexity index is 827. The lowest BCUT2D eigenvalue weighted by Gasteiger charge is -2.26. The number of rotatable bonds is 4. The van der Waals surface area contributed by atoms with Crippen molar-refractivity contribution >= 4 is 23.8 Å². The molecule has 0 radical (unpaired) electrons. The van der Waals surface area contributed by atoms with E-state index in [0.29, 0.717) is 6.04 Å². The van der Waals surface area contributed by atoms with Crippen molar-refractivity contribution in [2.75, 3.05) is 6.54 Å². The molecule has 1 fully saturated rings. The summed E-state index contributed by atoms with van der Waals surface area (Å²) in [4.78, 5) is 29.2. The fourth-order valence-electron chi connectivity index (χ4n) is 3.23. The van der Waals surface area contributed by atoms with Crippen LogP contribution in [0.3, 0.4) is 0 Å². The molecule has 0 bridgehead atoms. The van der Waals surface area contributed by atoms with E-state index in [9.17, 15) is 9.59 Å². The highest BCUT2D eigenvalue weighted by Gasteiger charge is 2.29. The van der Waals surface area contributed by atoms with E-state index in [0.717, 1.165) is 37.1 Å². The first-order valence-electron chi connectivity index (χ1n) is 10.3. The van der Waals surface area contributed by atoms with Gasteiger partial charge in [-0.2, -0.15) is 0 Å². The Balaban J connectivity index is 0.000000222. The minimum absolute atomic E-state index is 0.0455. The van der Waals surface area contributed by atoms with Gasteiger partial charge >= 0.3 is 6.09 Å². The van der Waals surface area contributed by atoms with Gasteiger partial charge in [-0.15, -0.1) is 11.3 Å². The predicted octanol–water partition coefficient (Wildman–Crippen LogP) is 5.33. The molecule has 1 N–H and O–H groups in total. The normalized spacial score (nSPS) is 17.0. The summed E-state index contributed by atoms with van der Waals surface area (Å²) in [7, 11) is 0. The molecule has 0 spiro atoms. The second-order valence-corrected chi connectivity index (χ2v) is 9.41. The Labute approximate surface area is 183 Å². The van der Waals surface area contributed by atoms with Crippen LogP contribution in [0.2, 0.25) is 0 Å². The van der Waals surface area contributed by atoms with Crippen LogP contribution in [0.5, 0.6) is 0 Å². The summed E-state index contributed by atoms with van der Waals surface area (Å²) in [6.45, 7) is 12.6. The quantitative estimate of drug-likeness (QED) is 0.664. The highest BCUT2D eigenvalue weighted by atomic mass is 32.1. The van der Waals surface area contributed by atoms with Gasteiger partial charge in [0.2, 0.25) is 6.41 Å². The number of nitrogens with one attached hydrogen (secondary N) is 1. The van der Waals surface area contributed by atoms with E-state index in [4.69, 9.17) is 4.74 Å². The number of nitrogens with zero attached hydrogens (tertiary/aromatic N) is 2. The van der Waals surface area contributed by atoms with Crippen LogP contribution in [0.1, 0.15) is 64.8 Å². The monoisotopic (exact) mass is 431 g/mol. The maximum Gasteiger partial charge on any atom is 0.410 e. The molecule has 2 amide bonds. The third kappa shape index (κ3) is 6.83. The number of carbonyl (C=O) groups excluding carboxylic acids is 2. The van der Waals surface area contributed by atoms with Gasteiger partial charge in [-0.25, -0.2) is 9.78 Å². The van der Waals surface area contributed by atoms with E-state index in [-0.39, 0.29) is 17.7 Å². The number of aryl methyl sites for hydroxylation is 1. The molecule has 2 unspecified atom stereocenters. The van der Waals surface area contributed by atoms with Crippen LogP contribution in [0.15, 0.2) is 29.8 Å². The zero-order chi connectivity index (χ0) is 22.3. The van der Waals surface area contributed by atoms with Crippen molar-refractivity contribution in [3.8, 4) is 10.4 Å². The summed E-state index contributed by atoms with van der Waals surface area (Å²) in [5.74, 6) is 0. The van der Waals surface area contributed by atoms with Crippen LogP contribution in [0.4, 0.5) is 4.79 Å². The smallest absolute Gasteiger partial charge is 0.410 e. The van der Waals surface area contributed by atoms with Crippen LogP contribution >= 0.6 is 11.3 Å². The molecule has 1 aromatic carbocycles. The Morgan fingerprint density at radius 1 is 1.33 bits per heavy atom. The zero-order valence-electron chi connectivity index (χ0n) is 18.8. The number of hydrogen-bond acceptors (Lipinski definition) is 5. The molecule has 2 heterocycles. The van der Waals surface area contributed by atoms with E-state index in [1.165, 1.54) is 10.4 Å². The minimum atomic E-state index is -0.376. The standard InChI is InChI=1S/C13H14N2OS.C10H19NO2/c1-9(14-7-16)11-3-5-12(6-4-11)13-10(2)15-8-17-13;1-8-6-5-7-11(8)9(12)13-10(2,3)4/h3-9H,1-2H3,(H,14,16);8H,5-7H2,1-4H3. The molecule has 0 saturated carbocycles. The number of aromatic nitrogens is 1. The number of benzene rings is 1. The van der Waals surface area contributed by atoms with E-state index in [1.54, 1.807) is 11.3 Å². The molecule has 2 atom stereocenters. The summed E-state index contributed by atoms with van der Waals surface area (Å²) in [5.41, 5.74) is 4.81. The number of thiazole rings is 1. The lowest BCUT2D eigenvalue weighted by Crippen LogP contribution is -2.38. The summed E-state index contributed by atoms with van der Waals surface area (Å²) in [6.07, 6.45) is 2.75.